The molecule has 1 atom stereocenters. The lowest BCUT2D eigenvalue weighted by Gasteiger charge is -2.36. The van der Waals surface area contributed by atoms with Gasteiger partial charge in [-0.2, -0.15) is 0 Å². The predicted molar refractivity (Wildman–Crippen MR) is 123 cm³/mol. The Morgan fingerprint density at radius 2 is 2.10 bits per heavy atom. The summed E-state index contributed by atoms with van der Waals surface area (Å²) in [6, 6.07) is 12.9. The third-order valence-electron chi connectivity index (χ3n) is 7.06. The Bertz CT molecular complexity index is 892. The standard InChI is InChI=1S/C26H35N3O2/c1-20-6-4-12-27-24(20)18-28-25(30)26(10-14-31-15-11-26)17-21-7-3-8-22(16-21)23-9-5-13-29(2)19-23/h3-4,6-8,12,16,23H,5,9-11,13-15,17-19H2,1-2H3,(H,28,30)/t23-/m1/s1. The number of hydrogen-bond donors (Lipinski definition) is 1. The molecule has 5 nitrogen and oxygen atoms in total. The van der Waals surface area contributed by atoms with Crippen LogP contribution in [0.25, 0.3) is 0 Å². The van der Waals surface area contributed by atoms with Crippen LogP contribution in [0.2, 0.25) is 0 Å². The fourth-order valence-electron chi connectivity index (χ4n) is 5.09. The van der Waals surface area contributed by atoms with Crippen LogP contribution in [0, 0.1) is 12.3 Å². The molecule has 0 bridgehead atoms. The largest absolute Gasteiger partial charge is 0.381 e. The van der Waals surface area contributed by atoms with Crippen LogP contribution in [0.3, 0.4) is 0 Å². The first-order valence-corrected chi connectivity index (χ1v) is 11.6. The van der Waals surface area contributed by atoms with Gasteiger partial charge in [-0.25, -0.2) is 0 Å². The topological polar surface area (TPSA) is 54.5 Å². The number of likely N-dealkylation sites (tertiary alicyclic amines) is 1. The van der Waals surface area contributed by atoms with Gasteiger partial charge in [-0.05, 0) is 81.3 Å². The Hall–Kier alpha value is -2.24. The number of hydrogen-bond acceptors (Lipinski definition) is 4. The number of amides is 1. The van der Waals surface area contributed by atoms with Gasteiger partial charge in [0.2, 0.25) is 5.91 Å². The molecular weight excluding hydrogens is 386 g/mol. The number of likely N-dealkylation sites (N-methyl/N-ethyl adjacent to an activating group) is 1. The summed E-state index contributed by atoms with van der Waals surface area (Å²) in [6.45, 7) is 6.10. The molecule has 3 heterocycles. The van der Waals surface area contributed by atoms with Crippen molar-refractivity contribution in [3.63, 3.8) is 0 Å². The summed E-state index contributed by atoms with van der Waals surface area (Å²) in [7, 11) is 2.21. The Morgan fingerprint density at radius 3 is 2.87 bits per heavy atom. The number of aryl methyl sites for hydroxylation is 1. The number of carbonyl (C=O) groups excluding carboxylic acids is 1. The third kappa shape index (κ3) is 5.34. The molecule has 0 radical (unpaired) electrons. The van der Waals surface area contributed by atoms with E-state index in [1.807, 2.05) is 19.1 Å². The highest BCUT2D eigenvalue weighted by Crippen LogP contribution is 2.36. The zero-order chi connectivity index (χ0) is 21.7. The number of piperidine rings is 1. The van der Waals surface area contributed by atoms with Crippen molar-refractivity contribution in [2.75, 3.05) is 33.4 Å². The normalized spacial score (nSPS) is 21.5. The summed E-state index contributed by atoms with van der Waals surface area (Å²) in [5.41, 5.74) is 4.30. The van der Waals surface area contributed by atoms with Gasteiger partial charge in [-0.15, -0.1) is 0 Å². The van der Waals surface area contributed by atoms with Crippen molar-refractivity contribution in [3.8, 4) is 0 Å². The summed E-state index contributed by atoms with van der Waals surface area (Å²) >= 11 is 0. The highest BCUT2D eigenvalue weighted by atomic mass is 16.5. The molecule has 2 fully saturated rings. The van der Waals surface area contributed by atoms with Gasteiger partial charge >= 0.3 is 0 Å². The van der Waals surface area contributed by atoms with Crippen molar-refractivity contribution < 1.29 is 9.53 Å². The van der Waals surface area contributed by atoms with Gasteiger partial charge in [-0.3, -0.25) is 9.78 Å². The van der Waals surface area contributed by atoms with Crippen molar-refractivity contribution in [1.29, 1.82) is 0 Å². The van der Waals surface area contributed by atoms with Gasteiger partial charge < -0.3 is 15.0 Å². The molecule has 0 spiro atoms. The second kappa shape index (κ2) is 9.92. The van der Waals surface area contributed by atoms with E-state index in [0.717, 1.165) is 37.1 Å². The lowest BCUT2D eigenvalue weighted by molar-refractivity contribution is -0.136. The third-order valence-corrected chi connectivity index (χ3v) is 7.06. The maximum atomic E-state index is 13.4. The van der Waals surface area contributed by atoms with Crippen LogP contribution in [0.15, 0.2) is 42.6 Å². The lowest BCUT2D eigenvalue weighted by Crippen LogP contribution is -2.46. The quantitative estimate of drug-likeness (QED) is 0.770. The molecule has 0 unspecified atom stereocenters. The van der Waals surface area contributed by atoms with E-state index in [-0.39, 0.29) is 5.91 Å². The molecule has 2 aliphatic rings. The van der Waals surface area contributed by atoms with Crippen molar-refractivity contribution in [3.05, 3.63) is 65.0 Å². The molecule has 5 heteroatoms. The van der Waals surface area contributed by atoms with Crippen molar-refractivity contribution in [2.24, 2.45) is 5.41 Å². The number of benzene rings is 1. The zero-order valence-electron chi connectivity index (χ0n) is 18.9. The Kier molecular flexibility index (Phi) is 7.03. The number of nitrogens with one attached hydrogen (secondary N) is 1. The van der Waals surface area contributed by atoms with E-state index < -0.39 is 5.41 Å². The minimum atomic E-state index is -0.414. The second-order valence-corrected chi connectivity index (χ2v) is 9.37. The zero-order valence-corrected chi connectivity index (χ0v) is 18.9. The fourth-order valence-corrected chi connectivity index (χ4v) is 5.09. The molecule has 2 aliphatic heterocycles. The van der Waals surface area contributed by atoms with Gasteiger partial charge in [0, 0.05) is 26.0 Å². The molecule has 0 aliphatic carbocycles. The summed E-state index contributed by atoms with van der Waals surface area (Å²) in [6.07, 6.45) is 6.57. The average Bonchev–Trinajstić information content (AvgIpc) is 2.79. The van der Waals surface area contributed by atoms with E-state index in [1.54, 1.807) is 6.20 Å². The molecule has 2 aromatic rings. The molecule has 166 valence electrons. The van der Waals surface area contributed by atoms with Crippen LogP contribution < -0.4 is 5.32 Å². The van der Waals surface area contributed by atoms with Crippen LogP contribution in [0.5, 0.6) is 0 Å². The first-order chi connectivity index (χ1) is 15.1. The van der Waals surface area contributed by atoms with Crippen LogP contribution in [-0.4, -0.2) is 49.1 Å². The number of pyridine rings is 1. The molecule has 0 saturated carbocycles. The van der Waals surface area contributed by atoms with E-state index in [4.69, 9.17) is 4.74 Å². The van der Waals surface area contributed by atoms with E-state index >= 15 is 0 Å². The van der Waals surface area contributed by atoms with Crippen molar-refractivity contribution >= 4 is 5.91 Å². The van der Waals surface area contributed by atoms with Crippen molar-refractivity contribution in [2.45, 2.75) is 51.5 Å². The Labute approximate surface area is 186 Å². The monoisotopic (exact) mass is 421 g/mol. The molecule has 31 heavy (non-hydrogen) atoms. The molecule has 1 N–H and O–H groups in total. The van der Waals surface area contributed by atoms with Gasteiger partial charge in [0.15, 0.2) is 0 Å². The van der Waals surface area contributed by atoms with Crippen LogP contribution in [-0.2, 0) is 22.5 Å². The fraction of sp³-hybridized carbons (Fsp3) is 0.538. The number of aromatic nitrogens is 1. The van der Waals surface area contributed by atoms with Gasteiger partial charge in [0.1, 0.15) is 0 Å². The highest BCUT2D eigenvalue weighted by Gasteiger charge is 2.40. The second-order valence-electron chi connectivity index (χ2n) is 9.37. The molecule has 1 aromatic carbocycles. The average molecular weight is 422 g/mol. The number of ether oxygens (including phenoxy) is 1. The minimum Gasteiger partial charge on any atom is -0.381 e. The first kappa shape index (κ1) is 22.0. The summed E-state index contributed by atoms with van der Waals surface area (Å²) < 4.78 is 5.63. The molecule has 4 rings (SSSR count). The summed E-state index contributed by atoms with van der Waals surface area (Å²) in [4.78, 5) is 20.3. The first-order valence-electron chi connectivity index (χ1n) is 11.6. The number of rotatable bonds is 6. The molecule has 1 aromatic heterocycles. The summed E-state index contributed by atoms with van der Waals surface area (Å²) in [5, 5.41) is 3.19. The van der Waals surface area contributed by atoms with E-state index in [9.17, 15) is 4.79 Å². The molecule has 2 saturated heterocycles. The predicted octanol–water partition coefficient (Wildman–Crippen LogP) is 3.85. The minimum absolute atomic E-state index is 0.128. The van der Waals surface area contributed by atoms with Gasteiger partial charge in [0.05, 0.1) is 17.7 Å². The lowest BCUT2D eigenvalue weighted by atomic mass is 9.74. The van der Waals surface area contributed by atoms with E-state index in [2.05, 4.69) is 46.5 Å². The summed E-state index contributed by atoms with van der Waals surface area (Å²) in [5.74, 6) is 0.717. The van der Waals surface area contributed by atoms with E-state index in [0.29, 0.717) is 25.7 Å². The maximum absolute atomic E-state index is 13.4. The van der Waals surface area contributed by atoms with Crippen LogP contribution >= 0.6 is 0 Å². The SMILES string of the molecule is Cc1cccnc1CNC(=O)C1(Cc2cccc([C@@H]3CCCN(C)C3)c2)CCOCC1. The smallest absolute Gasteiger partial charge is 0.227 e. The van der Waals surface area contributed by atoms with E-state index in [1.165, 1.54) is 30.5 Å². The highest BCUT2D eigenvalue weighted by molar-refractivity contribution is 5.83. The molecular formula is C26H35N3O2. The van der Waals surface area contributed by atoms with Crippen LogP contribution in [0.1, 0.15) is 54.0 Å². The van der Waals surface area contributed by atoms with Crippen molar-refractivity contribution in [1.82, 2.24) is 15.2 Å². The molecule has 1 amide bonds. The van der Waals surface area contributed by atoms with Gasteiger partial charge in [0.25, 0.3) is 0 Å². The number of nitrogens with zero attached hydrogens (tertiary/aromatic N) is 2. The maximum Gasteiger partial charge on any atom is 0.227 e. The Balaban J connectivity index is 1.49. The Morgan fingerprint density at radius 1 is 1.26 bits per heavy atom. The van der Waals surface area contributed by atoms with Gasteiger partial charge in [-0.1, -0.05) is 30.3 Å². The van der Waals surface area contributed by atoms with Crippen LogP contribution in [0.4, 0.5) is 0 Å². The number of carbonyl (C=O) groups is 1.